The Balaban J connectivity index is 2.00. The van der Waals surface area contributed by atoms with Crippen molar-refractivity contribution >= 4 is 11.6 Å². The fourth-order valence-electron chi connectivity index (χ4n) is 1.96. The van der Waals surface area contributed by atoms with Crippen LogP contribution in [0.25, 0.3) is 11.5 Å². The standard InChI is InChI=1S/C16H12N4O3/c21-13-12(15(22)18-10-6-2-1-3-7-10)19-14(20-16(13)23)11-8-4-5-9-17-11/h1-9,21H,(H,18,22)(H,19,20,23). The van der Waals surface area contributed by atoms with Gasteiger partial charge in [-0.25, -0.2) is 4.98 Å². The van der Waals surface area contributed by atoms with Gasteiger partial charge in [0.15, 0.2) is 11.5 Å². The monoisotopic (exact) mass is 308 g/mol. The number of aromatic amines is 1. The average molecular weight is 308 g/mol. The molecule has 0 unspecified atom stereocenters. The highest BCUT2D eigenvalue weighted by Crippen LogP contribution is 2.16. The molecule has 0 aliphatic heterocycles. The van der Waals surface area contributed by atoms with Crippen molar-refractivity contribution in [3.63, 3.8) is 0 Å². The second kappa shape index (κ2) is 6.10. The summed E-state index contributed by atoms with van der Waals surface area (Å²) in [5.41, 5.74) is -0.256. The van der Waals surface area contributed by atoms with Crippen molar-refractivity contribution in [2.75, 3.05) is 5.32 Å². The van der Waals surface area contributed by atoms with E-state index in [1.807, 2.05) is 0 Å². The van der Waals surface area contributed by atoms with Crippen LogP contribution in [0.4, 0.5) is 5.69 Å². The lowest BCUT2D eigenvalue weighted by molar-refractivity contribution is 0.101. The normalized spacial score (nSPS) is 10.3. The molecule has 0 saturated carbocycles. The molecule has 0 fully saturated rings. The number of hydrogen-bond donors (Lipinski definition) is 3. The summed E-state index contributed by atoms with van der Waals surface area (Å²) in [6, 6.07) is 13.7. The topological polar surface area (TPSA) is 108 Å². The van der Waals surface area contributed by atoms with Crippen LogP contribution < -0.4 is 10.9 Å². The Morgan fingerprint density at radius 2 is 1.83 bits per heavy atom. The van der Waals surface area contributed by atoms with Gasteiger partial charge in [0.2, 0.25) is 5.75 Å². The molecule has 0 bridgehead atoms. The van der Waals surface area contributed by atoms with Crippen molar-refractivity contribution in [1.82, 2.24) is 15.0 Å². The van der Waals surface area contributed by atoms with Crippen LogP contribution in [0.5, 0.6) is 5.75 Å². The molecule has 7 heteroatoms. The molecule has 23 heavy (non-hydrogen) atoms. The fraction of sp³-hybridized carbons (Fsp3) is 0. The summed E-state index contributed by atoms with van der Waals surface area (Å²) in [4.78, 5) is 34.6. The van der Waals surface area contributed by atoms with E-state index < -0.39 is 17.2 Å². The highest BCUT2D eigenvalue weighted by atomic mass is 16.3. The van der Waals surface area contributed by atoms with Crippen LogP contribution in [0.1, 0.15) is 10.5 Å². The first kappa shape index (κ1) is 14.5. The van der Waals surface area contributed by atoms with Crippen LogP contribution in [-0.4, -0.2) is 26.0 Å². The number of carbonyl (C=O) groups excluding carboxylic acids is 1. The molecule has 0 spiro atoms. The zero-order valence-corrected chi connectivity index (χ0v) is 11.9. The summed E-state index contributed by atoms with van der Waals surface area (Å²) in [7, 11) is 0. The van der Waals surface area contributed by atoms with Gasteiger partial charge in [-0.3, -0.25) is 14.6 Å². The van der Waals surface area contributed by atoms with Crippen molar-refractivity contribution in [3.05, 3.63) is 70.8 Å². The molecule has 0 aliphatic carbocycles. The van der Waals surface area contributed by atoms with E-state index >= 15 is 0 Å². The summed E-state index contributed by atoms with van der Waals surface area (Å²) >= 11 is 0. The van der Waals surface area contributed by atoms with Crippen LogP contribution in [0, 0.1) is 0 Å². The number of pyridine rings is 1. The summed E-state index contributed by atoms with van der Waals surface area (Å²) in [5, 5.41) is 12.4. The minimum atomic E-state index is -0.807. The maximum atomic E-state index is 12.3. The third-order valence-electron chi connectivity index (χ3n) is 3.05. The molecular formula is C16H12N4O3. The quantitative estimate of drug-likeness (QED) is 0.683. The number of carbonyl (C=O) groups is 1. The van der Waals surface area contributed by atoms with Gasteiger partial charge in [0, 0.05) is 11.9 Å². The van der Waals surface area contributed by atoms with Crippen molar-refractivity contribution in [2.24, 2.45) is 0 Å². The van der Waals surface area contributed by atoms with Gasteiger partial charge in [0.05, 0.1) is 0 Å². The molecule has 2 aromatic heterocycles. The molecule has 0 saturated heterocycles. The number of anilines is 1. The maximum Gasteiger partial charge on any atom is 0.294 e. The molecule has 114 valence electrons. The third kappa shape index (κ3) is 3.08. The second-order valence-corrected chi connectivity index (χ2v) is 4.65. The molecule has 3 N–H and O–H groups in total. The minimum absolute atomic E-state index is 0.103. The molecule has 3 aromatic rings. The van der Waals surface area contributed by atoms with Gasteiger partial charge in [-0.15, -0.1) is 0 Å². The first-order valence-electron chi connectivity index (χ1n) is 6.76. The van der Waals surface area contributed by atoms with Crippen LogP contribution >= 0.6 is 0 Å². The molecule has 0 aliphatic rings. The summed E-state index contributed by atoms with van der Waals surface area (Å²) < 4.78 is 0. The number of rotatable bonds is 3. The molecular weight excluding hydrogens is 296 g/mol. The van der Waals surface area contributed by atoms with E-state index in [0.29, 0.717) is 11.4 Å². The Labute approximate surface area is 130 Å². The highest BCUT2D eigenvalue weighted by molar-refractivity contribution is 6.04. The van der Waals surface area contributed by atoms with Gasteiger partial charge in [-0.2, -0.15) is 0 Å². The van der Waals surface area contributed by atoms with Gasteiger partial charge < -0.3 is 15.4 Å². The molecule has 0 radical (unpaired) electrons. The average Bonchev–Trinajstić information content (AvgIpc) is 2.58. The van der Waals surface area contributed by atoms with Crippen LogP contribution in [0.15, 0.2) is 59.5 Å². The third-order valence-corrected chi connectivity index (χ3v) is 3.05. The zero-order valence-electron chi connectivity index (χ0n) is 11.9. The number of nitrogens with one attached hydrogen (secondary N) is 2. The van der Waals surface area contributed by atoms with Gasteiger partial charge in [0.1, 0.15) is 5.69 Å². The van der Waals surface area contributed by atoms with Gasteiger partial charge >= 0.3 is 0 Å². The first-order chi connectivity index (χ1) is 11.1. The molecule has 1 aromatic carbocycles. The number of nitrogens with zero attached hydrogens (tertiary/aromatic N) is 2. The predicted molar refractivity (Wildman–Crippen MR) is 84.1 cm³/mol. The number of amides is 1. The first-order valence-corrected chi connectivity index (χ1v) is 6.76. The van der Waals surface area contributed by atoms with Crippen LogP contribution in [0.3, 0.4) is 0 Å². The fourth-order valence-corrected chi connectivity index (χ4v) is 1.96. The Morgan fingerprint density at radius 1 is 1.09 bits per heavy atom. The highest BCUT2D eigenvalue weighted by Gasteiger charge is 2.19. The number of para-hydroxylation sites is 1. The largest absolute Gasteiger partial charge is 0.501 e. The summed E-state index contributed by atoms with van der Waals surface area (Å²) in [6.07, 6.45) is 1.53. The second-order valence-electron chi connectivity index (χ2n) is 4.65. The van der Waals surface area contributed by atoms with Crippen molar-refractivity contribution in [1.29, 1.82) is 0 Å². The number of H-pyrrole nitrogens is 1. The lowest BCUT2D eigenvalue weighted by atomic mass is 10.2. The van der Waals surface area contributed by atoms with Crippen molar-refractivity contribution in [2.45, 2.75) is 0 Å². The lowest BCUT2D eigenvalue weighted by Gasteiger charge is -2.07. The lowest BCUT2D eigenvalue weighted by Crippen LogP contribution is -2.20. The van der Waals surface area contributed by atoms with E-state index in [2.05, 4.69) is 20.3 Å². The molecule has 1 amide bonds. The van der Waals surface area contributed by atoms with Gasteiger partial charge in [-0.1, -0.05) is 24.3 Å². The predicted octanol–water partition coefficient (Wildman–Crippen LogP) is 1.79. The number of hydrogen-bond acceptors (Lipinski definition) is 5. The minimum Gasteiger partial charge on any atom is -0.501 e. The number of benzene rings is 1. The van der Waals surface area contributed by atoms with Crippen LogP contribution in [-0.2, 0) is 0 Å². The van der Waals surface area contributed by atoms with E-state index in [-0.39, 0.29) is 11.5 Å². The van der Waals surface area contributed by atoms with E-state index in [4.69, 9.17) is 0 Å². The Bertz CT molecular complexity index is 892. The van der Waals surface area contributed by atoms with Crippen molar-refractivity contribution in [3.8, 4) is 17.3 Å². The van der Waals surface area contributed by atoms with Gasteiger partial charge in [-0.05, 0) is 24.3 Å². The van der Waals surface area contributed by atoms with Crippen molar-refractivity contribution < 1.29 is 9.90 Å². The number of aromatic hydroxyl groups is 1. The maximum absolute atomic E-state index is 12.3. The van der Waals surface area contributed by atoms with E-state index in [1.165, 1.54) is 6.20 Å². The van der Waals surface area contributed by atoms with Crippen LogP contribution in [0.2, 0.25) is 0 Å². The number of aromatic nitrogens is 3. The van der Waals surface area contributed by atoms with Gasteiger partial charge in [0.25, 0.3) is 11.5 Å². The smallest absolute Gasteiger partial charge is 0.294 e. The SMILES string of the molecule is O=C(Nc1ccccc1)c1nc(-c2ccccn2)[nH]c(=O)c1O. The summed E-state index contributed by atoms with van der Waals surface area (Å²) in [5.74, 6) is -1.32. The molecule has 3 rings (SSSR count). The Morgan fingerprint density at radius 3 is 2.52 bits per heavy atom. The Kier molecular flexibility index (Phi) is 3.84. The van der Waals surface area contributed by atoms with E-state index in [1.54, 1.807) is 48.5 Å². The molecule has 7 nitrogen and oxygen atoms in total. The van der Waals surface area contributed by atoms with E-state index in [0.717, 1.165) is 0 Å². The summed E-state index contributed by atoms with van der Waals surface area (Å²) in [6.45, 7) is 0. The molecule has 0 atom stereocenters. The molecule has 2 heterocycles. The van der Waals surface area contributed by atoms with E-state index in [9.17, 15) is 14.7 Å². The zero-order chi connectivity index (χ0) is 16.2. The Hall–Kier alpha value is -3.48.